The topological polar surface area (TPSA) is 357 Å². The van der Waals surface area contributed by atoms with Gasteiger partial charge in [-0.3, -0.25) is 9.78 Å². The summed E-state index contributed by atoms with van der Waals surface area (Å²) in [6, 6.07) is 10.9. The summed E-state index contributed by atoms with van der Waals surface area (Å²) in [6.45, 7) is 0. The van der Waals surface area contributed by atoms with Crippen LogP contribution in [-0.2, 0) is 9.78 Å². The molecule has 16 N–H and O–H groups in total. The van der Waals surface area contributed by atoms with E-state index in [4.69, 9.17) is 20.7 Å². The van der Waals surface area contributed by atoms with Crippen molar-refractivity contribution in [2.75, 3.05) is 0 Å². The molecular formula is C16H24MgO16. The van der Waals surface area contributed by atoms with Crippen LogP contribution >= 0.6 is 0 Å². The molecule has 2 aromatic carbocycles. The zero-order chi connectivity index (χ0) is 19.7. The van der Waals surface area contributed by atoms with Gasteiger partial charge in [-0.1, -0.05) is 24.3 Å². The lowest BCUT2D eigenvalue weighted by atomic mass is 10.1. The highest BCUT2D eigenvalue weighted by atomic mass is 24.3. The Bertz CT molecular complexity index is 771. The van der Waals surface area contributed by atoms with Gasteiger partial charge in [-0.25, -0.2) is 19.2 Å². The minimum Gasteiger partial charge on any atom is -0.478 e. The average molecular weight is 497 g/mol. The average Bonchev–Trinajstić information content (AvgIpc) is 2.67. The van der Waals surface area contributed by atoms with E-state index in [1.54, 1.807) is 0 Å². The number of hydrogen-bond donors (Lipinski definition) is 4. The second kappa shape index (κ2) is 23.4. The molecule has 0 unspecified atom stereocenters. The van der Waals surface area contributed by atoms with E-state index in [-0.39, 0.29) is 78.2 Å². The Morgan fingerprint density at radius 1 is 0.515 bits per heavy atom. The molecule has 0 bridgehead atoms. The van der Waals surface area contributed by atoms with E-state index in [1.165, 1.54) is 48.5 Å². The molecule has 33 heavy (non-hydrogen) atoms. The van der Waals surface area contributed by atoms with Crippen LogP contribution in [0.1, 0.15) is 41.4 Å². The molecule has 17 heteroatoms. The Morgan fingerprint density at radius 3 is 0.909 bits per heavy atom. The highest BCUT2D eigenvalue weighted by Crippen LogP contribution is 2.10. The third-order valence-corrected chi connectivity index (χ3v) is 2.92. The van der Waals surface area contributed by atoms with Crippen molar-refractivity contribution in [1.82, 2.24) is 0 Å². The standard InChI is InChI=1S/2C8H6O5.Mg.6H2O/c2*9-7(10)5-3-1-2-4-6(5)8(11)13-12;;;;;;;/h2*1-4,12H,(H,9,10);;6*1H2. The van der Waals surface area contributed by atoms with E-state index in [9.17, 15) is 19.2 Å². The number of carboxylic acid groups (broad SMARTS) is 2. The molecule has 0 aromatic heterocycles. The van der Waals surface area contributed by atoms with Gasteiger partial charge in [0.05, 0.1) is 22.3 Å². The van der Waals surface area contributed by atoms with E-state index in [0.717, 1.165) is 0 Å². The van der Waals surface area contributed by atoms with Crippen molar-refractivity contribution < 1.29 is 82.5 Å². The Balaban J connectivity index is -0.0000000676. The molecule has 0 saturated heterocycles. The van der Waals surface area contributed by atoms with Gasteiger partial charge in [-0.15, -0.1) is 0 Å². The summed E-state index contributed by atoms with van der Waals surface area (Å²) in [5.41, 5.74) is -0.780. The Hall–Kier alpha value is -3.23. The molecule has 2 radical (unpaired) electrons. The highest BCUT2D eigenvalue weighted by Gasteiger charge is 2.17. The van der Waals surface area contributed by atoms with Gasteiger partial charge in [0.2, 0.25) is 0 Å². The van der Waals surface area contributed by atoms with Gasteiger partial charge in [0.25, 0.3) is 0 Å². The predicted molar refractivity (Wildman–Crippen MR) is 110 cm³/mol. The summed E-state index contributed by atoms with van der Waals surface area (Å²) >= 11 is 0. The summed E-state index contributed by atoms with van der Waals surface area (Å²) in [6.07, 6.45) is 0. The molecule has 2 rings (SSSR count). The third kappa shape index (κ3) is 13.7. The molecule has 0 heterocycles. The van der Waals surface area contributed by atoms with E-state index in [2.05, 4.69) is 9.78 Å². The van der Waals surface area contributed by atoms with Gasteiger partial charge >= 0.3 is 23.9 Å². The zero-order valence-electron chi connectivity index (χ0n) is 16.6. The van der Waals surface area contributed by atoms with Crippen molar-refractivity contribution in [3.05, 3.63) is 70.8 Å². The number of rotatable bonds is 4. The molecule has 0 atom stereocenters. The zero-order valence-corrected chi connectivity index (χ0v) is 18.0. The van der Waals surface area contributed by atoms with E-state index < -0.39 is 23.9 Å². The van der Waals surface area contributed by atoms with Crippen molar-refractivity contribution in [3.63, 3.8) is 0 Å². The minimum absolute atomic E-state index is 0. The van der Waals surface area contributed by atoms with Crippen LogP contribution < -0.4 is 0 Å². The molecule has 0 saturated carbocycles. The number of carbonyl (C=O) groups excluding carboxylic acids is 2. The van der Waals surface area contributed by atoms with Crippen molar-refractivity contribution in [2.24, 2.45) is 0 Å². The Labute approximate surface area is 200 Å². The molecule has 0 aliphatic carbocycles. The molecule has 0 fully saturated rings. The van der Waals surface area contributed by atoms with Crippen molar-refractivity contribution in [1.29, 1.82) is 0 Å². The van der Waals surface area contributed by atoms with Gasteiger partial charge < -0.3 is 43.1 Å². The fourth-order valence-corrected chi connectivity index (χ4v) is 1.79. The first kappa shape index (κ1) is 47.5. The maximum Gasteiger partial charge on any atom is 0.373 e. The molecule has 186 valence electrons. The lowest BCUT2D eigenvalue weighted by Crippen LogP contribution is -2.09. The van der Waals surface area contributed by atoms with Crippen LogP contribution in [-0.4, -0.2) is 101 Å². The van der Waals surface area contributed by atoms with Gasteiger partial charge in [-0.2, -0.15) is 10.5 Å². The lowest BCUT2D eigenvalue weighted by Gasteiger charge is -2.00. The first-order valence-corrected chi connectivity index (χ1v) is 6.69. The number of aromatic carboxylic acids is 2. The summed E-state index contributed by atoms with van der Waals surface area (Å²) in [4.78, 5) is 49.6. The minimum atomic E-state index is -1.25. The number of hydrogen-bond acceptors (Lipinski definition) is 8. The van der Waals surface area contributed by atoms with Gasteiger partial charge in [-0.05, 0) is 24.3 Å². The first-order valence-electron chi connectivity index (χ1n) is 6.69. The fourth-order valence-electron chi connectivity index (χ4n) is 1.79. The lowest BCUT2D eigenvalue weighted by molar-refractivity contribution is -0.182. The quantitative estimate of drug-likeness (QED) is 0.185. The maximum absolute atomic E-state index is 10.8. The monoisotopic (exact) mass is 496 g/mol. The maximum atomic E-state index is 10.8. The SMILES string of the molecule is O.O.O.O.O.O.O=C(O)c1ccccc1C(=O)OO.O=C(O)c1ccccc1C(=O)OO.[Mg]. The molecule has 0 aliphatic heterocycles. The van der Waals surface area contributed by atoms with Gasteiger partial charge in [0.15, 0.2) is 0 Å². The van der Waals surface area contributed by atoms with Gasteiger partial charge in [0, 0.05) is 23.1 Å². The Morgan fingerprint density at radius 2 is 0.727 bits per heavy atom. The van der Waals surface area contributed by atoms with Crippen LogP contribution in [0.4, 0.5) is 0 Å². The molecule has 0 aliphatic rings. The number of benzene rings is 2. The summed E-state index contributed by atoms with van der Waals surface area (Å²) < 4.78 is 0. The molecule has 0 amide bonds. The van der Waals surface area contributed by atoms with E-state index in [0.29, 0.717) is 0 Å². The van der Waals surface area contributed by atoms with Crippen LogP contribution in [0.2, 0.25) is 0 Å². The van der Waals surface area contributed by atoms with E-state index in [1.807, 2.05) is 0 Å². The second-order valence-corrected chi connectivity index (χ2v) is 4.46. The van der Waals surface area contributed by atoms with Crippen LogP contribution in [0, 0.1) is 0 Å². The van der Waals surface area contributed by atoms with Crippen molar-refractivity contribution >= 4 is 46.9 Å². The van der Waals surface area contributed by atoms with Gasteiger partial charge in [0.1, 0.15) is 0 Å². The highest BCUT2D eigenvalue weighted by molar-refractivity contribution is 6.02. The number of carboxylic acids is 2. The predicted octanol–water partition coefficient (Wildman–Crippen LogP) is -3.30. The number of carbonyl (C=O) groups is 4. The summed E-state index contributed by atoms with van der Waals surface area (Å²) in [5, 5.41) is 33.3. The summed E-state index contributed by atoms with van der Waals surface area (Å²) in [5.74, 6) is -4.67. The van der Waals surface area contributed by atoms with Crippen molar-refractivity contribution in [3.8, 4) is 0 Å². The van der Waals surface area contributed by atoms with Crippen LogP contribution in [0.25, 0.3) is 0 Å². The third-order valence-electron chi connectivity index (χ3n) is 2.92. The van der Waals surface area contributed by atoms with Crippen LogP contribution in [0.15, 0.2) is 48.5 Å². The summed E-state index contributed by atoms with van der Waals surface area (Å²) in [7, 11) is 0. The van der Waals surface area contributed by atoms with Crippen molar-refractivity contribution in [2.45, 2.75) is 0 Å². The smallest absolute Gasteiger partial charge is 0.373 e. The molecular weight excluding hydrogens is 472 g/mol. The van der Waals surface area contributed by atoms with Crippen LogP contribution in [0.3, 0.4) is 0 Å². The van der Waals surface area contributed by atoms with Crippen LogP contribution in [0.5, 0.6) is 0 Å². The largest absolute Gasteiger partial charge is 0.478 e. The molecule has 16 nitrogen and oxygen atoms in total. The fraction of sp³-hybridized carbons (Fsp3) is 0. The molecule has 2 aromatic rings. The first-order chi connectivity index (χ1) is 12.3. The second-order valence-electron chi connectivity index (χ2n) is 4.46. The molecule has 0 spiro atoms. The normalized spacial score (nSPS) is 7.33. The Kier molecular flexibility index (Phi) is 33.7. The van der Waals surface area contributed by atoms with E-state index >= 15 is 0 Å².